The van der Waals surface area contributed by atoms with Crippen molar-refractivity contribution in [3.8, 4) is 0 Å². The van der Waals surface area contributed by atoms with Crippen LogP contribution in [0.5, 0.6) is 0 Å². The summed E-state index contributed by atoms with van der Waals surface area (Å²) < 4.78 is 0. The van der Waals surface area contributed by atoms with Crippen LogP contribution in [0.2, 0.25) is 0 Å². The van der Waals surface area contributed by atoms with Crippen molar-refractivity contribution in [2.45, 2.75) is 46.1 Å². The molecule has 3 heteroatoms. The van der Waals surface area contributed by atoms with Crippen LogP contribution in [0.15, 0.2) is 0 Å². The van der Waals surface area contributed by atoms with Gasteiger partial charge in [-0.05, 0) is 27.2 Å². The second-order valence-electron chi connectivity index (χ2n) is 4.28. The highest BCUT2D eigenvalue weighted by Gasteiger charge is 2.07. The minimum atomic E-state index is 0.134. The fraction of sp³-hybridized carbons (Fsp3) is 0.900. The minimum Gasteiger partial charge on any atom is -0.355 e. The van der Waals surface area contributed by atoms with Crippen molar-refractivity contribution in [1.29, 1.82) is 0 Å². The summed E-state index contributed by atoms with van der Waals surface area (Å²) in [6, 6.07) is 0. The topological polar surface area (TPSA) is 41.1 Å². The molecule has 0 fully saturated rings. The van der Waals surface area contributed by atoms with E-state index in [1.807, 2.05) is 6.92 Å². The van der Waals surface area contributed by atoms with E-state index in [-0.39, 0.29) is 11.4 Å². The highest BCUT2D eigenvalue weighted by atomic mass is 16.1. The van der Waals surface area contributed by atoms with Crippen molar-refractivity contribution in [2.75, 3.05) is 13.1 Å². The molecule has 0 radical (unpaired) electrons. The van der Waals surface area contributed by atoms with Crippen molar-refractivity contribution in [1.82, 2.24) is 10.6 Å². The first-order valence-electron chi connectivity index (χ1n) is 4.97. The fourth-order valence-corrected chi connectivity index (χ4v) is 0.955. The monoisotopic (exact) mass is 186 g/mol. The first-order valence-corrected chi connectivity index (χ1v) is 4.97. The molecule has 0 atom stereocenters. The van der Waals surface area contributed by atoms with E-state index in [0.29, 0.717) is 6.42 Å². The van der Waals surface area contributed by atoms with Crippen LogP contribution in [0.25, 0.3) is 0 Å². The molecule has 0 aromatic rings. The lowest BCUT2D eigenvalue weighted by atomic mass is 10.1. The van der Waals surface area contributed by atoms with Crippen molar-refractivity contribution < 1.29 is 4.79 Å². The summed E-state index contributed by atoms with van der Waals surface area (Å²) in [5, 5.41) is 6.16. The molecule has 0 heterocycles. The Balaban J connectivity index is 3.31. The van der Waals surface area contributed by atoms with Gasteiger partial charge in [-0.15, -0.1) is 0 Å². The molecule has 13 heavy (non-hydrogen) atoms. The largest absolute Gasteiger partial charge is 0.355 e. The first-order chi connectivity index (χ1) is 5.95. The van der Waals surface area contributed by atoms with Gasteiger partial charge in [0.05, 0.1) is 0 Å². The molecule has 3 nitrogen and oxygen atoms in total. The molecular weight excluding hydrogens is 164 g/mol. The van der Waals surface area contributed by atoms with Crippen molar-refractivity contribution >= 4 is 5.91 Å². The molecule has 0 aromatic heterocycles. The third kappa shape index (κ3) is 9.34. The third-order valence-electron chi connectivity index (χ3n) is 1.58. The van der Waals surface area contributed by atoms with Gasteiger partial charge < -0.3 is 10.6 Å². The molecule has 0 bridgehead atoms. The minimum absolute atomic E-state index is 0.134. The highest BCUT2D eigenvalue weighted by Crippen LogP contribution is 1.96. The maximum absolute atomic E-state index is 11.0. The van der Waals surface area contributed by atoms with Gasteiger partial charge in [-0.2, -0.15) is 0 Å². The zero-order chi connectivity index (χ0) is 10.3. The predicted octanol–water partition coefficient (Wildman–Crippen LogP) is 1.29. The van der Waals surface area contributed by atoms with E-state index in [0.717, 1.165) is 19.5 Å². The van der Waals surface area contributed by atoms with Gasteiger partial charge in [-0.3, -0.25) is 4.79 Å². The van der Waals surface area contributed by atoms with E-state index < -0.39 is 0 Å². The van der Waals surface area contributed by atoms with Crippen LogP contribution < -0.4 is 10.6 Å². The van der Waals surface area contributed by atoms with Crippen LogP contribution in [-0.2, 0) is 4.79 Å². The van der Waals surface area contributed by atoms with E-state index >= 15 is 0 Å². The number of carbonyl (C=O) groups excluding carboxylic acids is 1. The zero-order valence-electron chi connectivity index (χ0n) is 9.24. The van der Waals surface area contributed by atoms with Gasteiger partial charge in [0.25, 0.3) is 0 Å². The fourth-order valence-electron chi connectivity index (χ4n) is 0.955. The number of hydrogen-bond donors (Lipinski definition) is 2. The zero-order valence-corrected chi connectivity index (χ0v) is 9.24. The summed E-state index contributed by atoms with van der Waals surface area (Å²) in [5.74, 6) is 0.151. The van der Waals surface area contributed by atoms with E-state index in [4.69, 9.17) is 0 Å². The first kappa shape index (κ1) is 12.4. The number of carbonyl (C=O) groups is 1. The number of amides is 1. The molecule has 1 amide bonds. The van der Waals surface area contributed by atoms with Crippen molar-refractivity contribution in [3.63, 3.8) is 0 Å². The summed E-state index contributed by atoms with van der Waals surface area (Å²) >= 11 is 0. The number of nitrogens with one attached hydrogen (secondary N) is 2. The lowest BCUT2D eigenvalue weighted by Gasteiger charge is -2.20. The van der Waals surface area contributed by atoms with Gasteiger partial charge in [0.1, 0.15) is 0 Å². The quantitative estimate of drug-likeness (QED) is 0.635. The second kappa shape index (κ2) is 5.97. The molecule has 0 unspecified atom stereocenters. The lowest BCUT2D eigenvalue weighted by Crippen LogP contribution is -2.41. The molecule has 0 rings (SSSR count). The van der Waals surface area contributed by atoms with Gasteiger partial charge in [-0.1, -0.05) is 6.92 Å². The summed E-state index contributed by atoms with van der Waals surface area (Å²) in [4.78, 5) is 11.0. The summed E-state index contributed by atoms with van der Waals surface area (Å²) in [7, 11) is 0. The average Bonchev–Trinajstić information content (AvgIpc) is 1.97. The van der Waals surface area contributed by atoms with Crippen LogP contribution in [0.1, 0.15) is 40.5 Å². The normalized spacial score (nSPS) is 11.4. The molecule has 0 saturated heterocycles. The Labute approximate surface area is 81.3 Å². The number of rotatable bonds is 5. The molecule has 2 N–H and O–H groups in total. The van der Waals surface area contributed by atoms with Crippen LogP contribution in [0, 0.1) is 0 Å². The highest BCUT2D eigenvalue weighted by molar-refractivity contribution is 5.75. The van der Waals surface area contributed by atoms with E-state index in [2.05, 4.69) is 31.4 Å². The predicted molar refractivity (Wildman–Crippen MR) is 55.7 cm³/mol. The molecule has 0 aliphatic rings. The maximum Gasteiger partial charge on any atom is 0.220 e. The van der Waals surface area contributed by atoms with Gasteiger partial charge in [0.2, 0.25) is 5.91 Å². The van der Waals surface area contributed by atoms with Crippen LogP contribution in [-0.4, -0.2) is 24.5 Å². The Morgan fingerprint density at radius 1 is 1.23 bits per heavy atom. The van der Waals surface area contributed by atoms with E-state index in [1.54, 1.807) is 0 Å². The third-order valence-corrected chi connectivity index (χ3v) is 1.58. The lowest BCUT2D eigenvalue weighted by molar-refractivity contribution is -0.121. The van der Waals surface area contributed by atoms with Gasteiger partial charge in [-0.25, -0.2) is 0 Å². The average molecular weight is 186 g/mol. The Morgan fingerprint density at radius 2 is 1.85 bits per heavy atom. The van der Waals surface area contributed by atoms with Gasteiger partial charge in [0.15, 0.2) is 0 Å². The molecule has 0 aliphatic carbocycles. The van der Waals surface area contributed by atoms with Crippen molar-refractivity contribution in [3.05, 3.63) is 0 Å². The molecule has 0 aromatic carbocycles. The molecule has 0 aliphatic heterocycles. The molecular formula is C10H22N2O. The Kier molecular flexibility index (Phi) is 5.71. The maximum atomic E-state index is 11.0. The van der Waals surface area contributed by atoms with Gasteiger partial charge in [0, 0.05) is 25.0 Å². The van der Waals surface area contributed by atoms with E-state index in [9.17, 15) is 4.79 Å². The summed E-state index contributed by atoms with van der Waals surface area (Å²) in [6.45, 7) is 9.89. The Morgan fingerprint density at radius 3 is 2.31 bits per heavy atom. The van der Waals surface area contributed by atoms with Crippen molar-refractivity contribution in [2.24, 2.45) is 0 Å². The number of hydrogen-bond acceptors (Lipinski definition) is 2. The summed E-state index contributed by atoms with van der Waals surface area (Å²) in [5.41, 5.74) is 0.134. The molecule has 0 spiro atoms. The Bertz CT molecular complexity index is 149. The van der Waals surface area contributed by atoms with Gasteiger partial charge >= 0.3 is 0 Å². The smallest absolute Gasteiger partial charge is 0.220 e. The molecule has 78 valence electrons. The molecule has 0 saturated carbocycles. The SMILES string of the molecule is CCCC(=O)NCCNC(C)(C)C. The van der Waals surface area contributed by atoms with Crippen LogP contribution in [0.4, 0.5) is 0 Å². The Hall–Kier alpha value is -0.570. The summed E-state index contributed by atoms with van der Waals surface area (Å²) in [6.07, 6.45) is 1.55. The van der Waals surface area contributed by atoms with E-state index in [1.165, 1.54) is 0 Å². The van der Waals surface area contributed by atoms with Crippen LogP contribution in [0.3, 0.4) is 0 Å². The second-order valence-corrected chi connectivity index (χ2v) is 4.28. The van der Waals surface area contributed by atoms with Crippen LogP contribution >= 0.6 is 0 Å². The standard InChI is InChI=1S/C10H22N2O/c1-5-6-9(13)11-7-8-12-10(2,3)4/h12H,5-8H2,1-4H3,(H,11,13).